The van der Waals surface area contributed by atoms with Crippen molar-refractivity contribution in [2.24, 2.45) is 0 Å². The first kappa shape index (κ1) is 15.3. The Hall–Kier alpha value is -3.00. The molecular formula is C24H22N2. The molecular weight excluding hydrogens is 316 g/mol. The zero-order chi connectivity index (χ0) is 17.3. The van der Waals surface area contributed by atoms with Crippen LogP contribution in [0.2, 0.25) is 0 Å². The molecule has 1 heterocycles. The Balaban J connectivity index is 1.62. The molecule has 0 radical (unpaired) electrons. The number of aryl methyl sites for hydroxylation is 1. The van der Waals surface area contributed by atoms with Crippen LogP contribution >= 0.6 is 0 Å². The van der Waals surface area contributed by atoms with E-state index in [-0.39, 0.29) is 0 Å². The normalized spacial score (nSPS) is 18.6. The van der Waals surface area contributed by atoms with Gasteiger partial charge >= 0.3 is 0 Å². The largest absolute Gasteiger partial charge is 0.358 e. The molecule has 1 aromatic heterocycles. The molecule has 0 aliphatic heterocycles. The van der Waals surface area contributed by atoms with E-state index >= 15 is 0 Å². The summed E-state index contributed by atoms with van der Waals surface area (Å²) in [4.78, 5) is 6.13. The summed E-state index contributed by atoms with van der Waals surface area (Å²) in [5, 5.41) is 1.33. The van der Waals surface area contributed by atoms with Gasteiger partial charge in [-0.1, -0.05) is 60.7 Å². The second kappa shape index (κ2) is 6.38. The highest BCUT2D eigenvalue weighted by Gasteiger charge is 2.24. The van der Waals surface area contributed by atoms with Crippen LogP contribution in [0, 0.1) is 0 Å². The minimum atomic E-state index is 0.375. The van der Waals surface area contributed by atoms with Crippen LogP contribution in [0.3, 0.4) is 0 Å². The van der Waals surface area contributed by atoms with Crippen LogP contribution in [-0.4, -0.2) is 11.0 Å². The average Bonchev–Trinajstić information content (AvgIpc) is 3.08. The van der Waals surface area contributed by atoms with Gasteiger partial charge in [-0.25, -0.2) is 0 Å². The molecule has 0 spiro atoms. The quantitative estimate of drug-likeness (QED) is 0.635. The van der Waals surface area contributed by atoms with Gasteiger partial charge in [0.05, 0.1) is 6.04 Å². The van der Waals surface area contributed by atoms with E-state index in [1.807, 2.05) is 0 Å². The summed E-state index contributed by atoms with van der Waals surface area (Å²) in [7, 11) is 0. The number of nitrogens with one attached hydrogen (secondary N) is 1. The van der Waals surface area contributed by atoms with Crippen LogP contribution in [0.1, 0.15) is 24.1 Å². The van der Waals surface area contributed by atoms with Gasteiger partial charge in [-0.3, -0.25) is 0 Å². The molecule has 0 amide bonds. The van der Waals surface area contributed by atoms with Gasteiger partial charge in [-0.05, 0) is 43.5 Å². The number of allylic oxidation sites excluding steroid dienone is 3. The van der Waals surface area contributed by atoms with Gasteiger partial charge in [0.1, 0.15) is 0 Å². The summed E-state index contributed by atoms with van der Waals surface area (Å²) in [5.74, 6) is 0. The zero-order valence-electron chi connectivity index (χ0n) is 14.7. The third kappa shape index (κ3) is 2.59. The summed E-state index contributed by atoms with van der Waals surface area (Å²) in [6.45, 7) is 0. The number of anilines is 1. The molecule has 0 fully saturated rings. The van der Waals surface area contributed by atoms with Gasteiger partial charge in [0.2, 0.25) is 0 Å². The summed E-state index contributed by atoms with van der Waals surface area (Å²) < 4.78 is 0. The van der Waals surface area contributed by atoms with E-state index in [4.69, 9.17) is 0 Å². The fraction of sp³-hybridized carbons (Fsp3) is 0.167. The molecule has 0 bridgehead atoms. The zero-order valence-corrected chi connectivity index (χ0v) is 14.7. The Morgan fingerprint density at radius 3 is 2.58 bits per heavy atom. The number of aromatic nitrogens is 1. The highest BCUT2D eigenvalue weighted by Crippen LogP contribution is 2.35. The van der Waals surface area contributed by atoms with Crippen molar-refractivity contribution in [2.45, 2.75) is 25.3 Å². The maximum atomic E-state index is 3.61. The number of nitrogens with zero attached hydrogens (tertiary/aromatic N) is 1. The van der Waals surface area contributed by atoms with E-state index in [0.29, 0.717) is 6.04 Å². The lowest BCUT2D eigenvalue weighted by atomic mass is 9.96. The van der Waals surface area contributed by atoms with Crippen LogP contribution in [0.4, 0.5) is 5.69 Å². The van der Waals surface area contributed by atoms with Crippen LogP contribution in [0.5, 0.6) is 0 Å². The standard InChI is InChI=1S/C24H22N2/c1-3-9-18(10-4-1)26(19-11-5-2-6-12-19)20-15-16-24-22(17-20)21-13-7-8-14-23(21)25-24/h1-11,13-14,17,19,25H,12,15-16H2. The Morgan fingerprint density at radius 1 is 0.885 bits per heavy atom. The maximum absolute atomic E-state index is 3.61. The van der Waals surface area contributed by atoms with Crippen molar-refractivity contribution >= 4 is 22.7 Å². The first-order chi connectivity index (χ1) is 12.9. The van der Waals surface area contributed by atoms with Gasteiger partial charge in [0, 0.05) is 33.5 Å². The predicted molar refractivity (Wildman–Crippen MR) is 110 cm³/mol. The number of fused-ring (bicyclic) bond motifs is 3. The predicted octanol–water partition coefficient (Wildman–Crippen LogP) is 5.85. The van der Waals surface area contributed by atoms with Crippen molar-refractivity contribution in [2.75, 3.05) is 4.90 Å². The van der Waals surface area contributed by atoms with E-state index < -0.39 is 0 Å². The molecule has 26 heavy (non-hydrogen) atoms. The van der Waals surface area contributed by atoms with Gasteiger partial charge in [0.15, 0.2) is 0 Å². The third-order valence-corrected chi connectivity index (χ3v) is 5.40. The van der Waals surface area contributed by atoms with Crippen molar-refractivity contribution < 1.29 is 0 Å². The fourth-order valence-corrected chi connectivity index (χ4v) is 4.18. The number of benzene rings is 2. The van der Waals surface area contributed by atoms with E-state index in [2.05, 4.69) is 94.9 Å². The van der Waals surface area contributed by atoms with Gasteiger partial charge in [-0.2, -0.15) is 0 Å². The Kier molecular flexibility index (Phi) is 3.75. The van der Waals surface area contributed by atoms with Gasteiger partial charge in [-0.15, -0.1) is 0 Å². The van der Waals surface area contributed by atoms with Crippen molar-refractivity contribution in [1.82, 2.24) is 4.98 Å². The molecule has 1 N–H and O–H groups in total. The Morgan fingerprint density at radius 2 is 1.73 bits per heavy atom. The van der Waals surface area contributed by atoms with Crippen molar-refractivity contribution in [3.63, 3.8) is 0 Å². The molecule has 1 atom stereocenters. The molecule has 2 aliphatic rings. The monoisotopic (exact) mass is 338 g/mol. The molecule has 2 heteroatoms. The van der Waals surface area contributed by atoms with E-state index in [1.54, 1.807) is 0 Å². The maximum Gasteiger partial charge on any atom is 0.0556 e. The van der Waals surface area contributed by atoms with Crippen LogP contribution in [-0.2, 0) is 6.42 Å². The highest BCUT2D eigenvalue weighted by atomic mass is 15.2. The molecule has 2 aliphatic carbocycles. The number of hydrogen-bond donors (Lipinski definition) is 1. The lowest BCUT2D eigenvalue weighted by molar-refractivity contribution is 0.717. The first-order valence-electron chi connectivity index (χ1n) is 9.38. The average molecular weight is 338 g/mol. The van der Waals surface area contributed by atoms with Crippen molar-refractivity contribution in [3.05, 3.63) is 95.9 Å². The number of H-pyrrole nitrogens is 1. The Labute approximate surface area is 154 Å². The topological polar surface area (TPSA) is 19.0 Å². The number of hydrogen-bond acceptors (Lipinski definition) is 1. The molecule has 1 unspecified atom stereocenters. The van der Waals surface area contributed by atoms with Gasteiger partial charge in [0.25, 0.3) is 0 Å². The SMILES string of the molecule is C1=CCC(N(C2=Cc3c([nH]c4ccccc34)CC2)c2ccccc2)C=C1. The molecule has 128 valence electrons. The van der Waals surface area contributed by atoms with E-state index in [0.717, 1.165) is 19.3 Å². The van der Waals surface area contributed by atoms with Crippen molar-refractivity contribution in [1.29, 1.82) is 0 Å². The third-order valence-electron chi connectivity index (χ3n) is 5.40. The number of para-hydroxylation sites is 2. The van der Waals surface area contributed by atoms with Crippen LogP contribution in [0.15, 0.2) is 84.6 Å². The molecule has 2 aromatic carbocycles. The molecule has 5 rings (SSSR count). The first-order valence-corrected chi connectivity index (χ1v) is 9.38. The molecule has 0 saturated heterocycles. The van der Waals surface area contributed by atoms with Gasteiger partial charge < -0.3 is 9.88 Å². The summed E-state index contributed by atoms with van der Waals surface area (Å²) >= 11 is 0. The molecule has 3 aromatic rings. The molecule has 2 nitrogen and oxygen atoms in total. The van der Waals surface area contributed by atoms with Crippen LogP contribution < -0.4 is 4.90 Å². The smallest absolute Gasteiger partial charge is 0.0556 e. The number of rotatable bonds is 3. The lowest BCUT2D eigenvalue weighted by Gasteiger charge is -2.35. The van der Waals surface area contributed by atoms with Crippen LogP contribution in [0.25, 0.3) is 17.0 Å². The van der Waals surface area contributed by atoms with E-state index in [9.17, 15) is 0 Å². The Bertz CT molecular complexity index is 1020. The number of aromatic amines is 1. The van der Waals surface area contributed by atoms with Crippen molar-refractivity contribution in [3.8, 4) is 0 Å². The summed E-state index contributed by atoms with van der Waals surface area (Å²) in [6.07, 6.45) is 14.5. The minimum Gasteiger partial charge on any atom is -0.358 e. The summed E-state index contributed by atoms with van der Waals surface area (Å²) in [5.41, 5.74) is 6.63. The second-order valence-corrected chi connectivity index (χ2v) is 7.02. The van der Waals surface area contributed by atoms with E-state index in [1.165, 1.54) is 33.5 Å². The highest BCUT2D eigenvalue weighted by molar-refractivity contribution is 5.92. The fourth-order valence-electron chi connectivity index (χ4n) is 4.18. The minimum absolute atomic E-state index is 0.375. The second-order valence-electron chi connectivity index (χ2n) is 7.02. The lowest BCUT2D eigenvalue weighted by Crippen LogP contribution is -2.34. The molecule has 0 saturated carbocycles. The summed E-state index contributed by atoms with van der Waals surface area (Å²) in [6, 6.07) is 19.8.